The lowest BCUT2D eigenvalue weighted by molar-refractivity contribution is -0.116. The monoisotopic (exact) mass is 554 g/mol. The van der Waals surface area contributed by atoms with Crippen LogP contribution in [0.5, 0.6) is 0 Å². The maximum atomic E-state index is 13.7. The Morgan fingerprint density at radius 2 is 1.71 bits per heavy atom. The van der Waals surface area contributed by atoms with E-state index >= 15 is 0 Å². The van der Waals surface area contributed by atoms with Crippen LogP contribution in [-0.4, -0.2) is 40.2 Å². The van der Waals surface area contributed by atoms with Gasteiger partial charge in [0, 0.05) is 24.4 Å². The van der Waals surface area contributed by atoms with Crippen LogP contribution in [0.1, 0.15) is 39.9 Å². The molecule has 1 atom stereocenters. The van der Waals surface area contributed by atoms with E-state index < -0.39 is 17.2 Å². The Kier molecular flexibility index (Phi) is 8.45. The number of anilines is 1. The molecule has 0 saturated carbocycles. The number of nitrogens with one attached hydrogen (secondary N) is 2. The summed E-state index contributed by atoms with van der Waals surface area (Å²) in [6.45, 7) is 4.59. The highest BCUT2D eigenvalue weighted by Crippen LogP contribution is 2.20. The highest BCUT2D eigenvalue weighted by atomic mass is 16.5. The fraction of sp³-hybridized carbons (Fsp3) is 0.312. The Hall–Kier alpha value is -4.50. The summed E-state index contributed by atoms with van der Waals surface area (Å²) in [5, 5.41) is 6.07. The number of nitrogens with zero attached hydrogens (tertiary/aromatic N) is 2. The van der Waals surface area contributed by atoms with Gasteiger partial charge in [0.2, 0.25) is 5.91 Å². The Balaban J connectivity index is 1.48. The van der Waals surface area contributed by atoms with Crippen molar-refractivity contribution in [2.24, 2.45) is 0 Å². The molecule has 1 fully saturated rings. The lowest BCUT2D eigenvalue weighted by Gasteiger charge is -2.17. The molecule has 0 spiro atoms. The first-order valence-corrected chi connectivity index (χ1v) is 13.9. The number of hydrogen-bond acceptors (Lipinski definition) is 5. The Morgan fingerprint density at radius 3 is 2.41 bits per heavy atom. The van der Waals surface area contributed by atoms with Gasteiger partial charge in [0.1, 0.15) is 6.54 Å². The minimum absolute atomic E-state index is 0.105. The van der Waals surface area contributed by atoms with Crippen LogP contribution >= 0.6 is 0 Å². The topological polar surface area (TPSA) is 111 Å². The summed E-state index contributed by atoms with van der Waals surface area (Å²) in [6.07, 6.45) is 2.03. The lowest BCUT2D eigenvalue weighted by atomic mass is 10.1. The van der Waals surface area contributed by atoms with Crippen LogP contribution in [0.3, 0.4) is 0 Å². The zero-order valence-electron chi connectivity index (χ0n) is 23.3. The van der Waals surface area contributed by atoms with Gasteiger partial charge in [-0.05, 0) is 68.0 Å². The number of amides is 2. The molecule has 9 nitrogen and oxygen atoms in total. The van der Waals surface area contributed by atoms with E-state index in [-0.39, 0.29) is 36.0 Å². The van der Waals surface area contributed by atoms with Crippen LogP contribution in [0, 0.1) is 13.8 Å². The summed E-state index contributed by atoms with van der Waals surface area (Å²) >= 11 is 0. The first kappa shape index (κ1) is 28.0. The van der Waals surface area contributed by atoms with Crippen LogP contribution in [0.2, 0.25) is 0 Å². The molecule has 1 unspecified atom stereocenters. The molecule has 9 heteroatoms. The van der Waals surface area contributed by atoms with E-state index in [1.807, 2.05) is 62.4 Å². The fourth-order valence-electron chi connectivity index (χ4n) is 5.27. The number of hydrogen-bond donors (Lipinski definition) is 2. The van der Waals surface area contributed by atoms with E-state index in [2.05, 4.69) is 10.6 Å². The van der Waals surface area contributed by atoms with Crippen molar-refractivity contribution in [3.63, 3.8) is 0 Å². The number of benzene rings is 3. The molecule has 0 bridgehead atoms. The highest BCUT2D eigenvalue weighted by molar-refractivity contribution is 5.98. The van der Waals surface area contributed by atoms with Crippen molar-refractivity contribution in [1.82, 2.24) is 14.5 Å². The molecule has 2 amide bonds. The zero-order valence-corrected chi connectivity index (χ0v) is 23.3. The normalized spacial score (nSPS) is 14.7. The van der Waals surface area contributed by atoms with Crippen LogP contribution in [0.4, 0.5) is 5.69 Å². The molecule has 0 radical (unpaired) electrons. The molecule has 5 rings (SSSR count). The van der Waals surface area contributed by atoms with Crippen molar-refractivity contribution in [2.45, 2.75) is 52.3 Å². The van der Waals surface area contributed by atoms with Crippen LogP contribution in [0.15, 0.2) is 76.3 Å². The second-order valence-electron chi connectivity index (χ2n) is 10.5. The van der Waals surface area contributed by atoms with Crippen molar-refractivity contribution in [3.8, 4) is 0 Å². The van der Waals surface area contributed by atoms with Gasteiger partial charge in [-0.3, -0.25) is 23.5 Å². The number of ether oxygens (including phenoxy) is 1. The number of fused-ring (bicyclic) bond motifs is 1. The Bertz CT molecular complexity index is 1680. The summed E-state index contributed by atoms with van der Waals surface area (Å²) < 4.78 is 8.10. The molecule has 3 aromatic carbocycles. The van der Waals surface area contributed by atoms with E-state index in [9.17, 15) is 19.2 Å². The van der Waals surface area contributed by atoms with Gasteiger partial charge < -0.3 is 15.4 Å². The van der Waals surface area contributed by atoms with Gasteiger partial charge in [-0.25, -0.2) is 4.79 Å². The van der Waals surface area contributed by atoms with Crippen molar-refractivity contribution >= 4 is 28.4 Å². The minimum Gasteiger partial charge on any atom is -0.376 e. The van der Waals surface area contributed by atoms with Crippen molar-refractivity contribution in [2.75, 3.05) is 18.5 Å². The van der Waals surface area contributed by atoms with Gasteiger partial charge in [0.15, 0.2) is 0 Å². The van der Waals surface area contributed by atoms with Gasteiger partial charge in [-0.2, -0.15) is 0 Å². The average Bonchev–Trinajstić information content (AvgIpc) is 3.49. The van der Waals surface area contributed by atoms with Crippen LogP contribution < -0.4 is 21.9 Å². The van der Waals surface area contributed by atoms with Gasteiger partial charge in [-0.15, -0.1) is 0 Å². The Labute approximate surface area is 237 Å². The molecule has 1 aromatic heterocycles. The second kappa shape index (κ2) is 12.3. The summed E-state index contributed by atoms with van der Waals surface area (Å²) in [5.74, 6) is -0.740. The quantitative estimate of drug-likeness (QED) is 0.329. The SMILES string of the molecule is Cc1cccc(C)c1NC(=O)Cn1c(=O)n(CC2CCCO2)c(=O)c2ccc(C(=O)NCCc3ccccc3)cc21. The summed E-state index contributed by atoms with van der Waals surface area (Å²) in [4.78, 5) is 53.4. The molecule has 1 aliphatic heterocycles. The van der Waals surface area contributed by atoms with Crippen LogP contribution in [0.25, 0.3) is 10.9 Å². The summed E-state index contributed by atoms with van der Waals surface area (Å²) in [6, 6.07) is 20.2. The maximum Gasteiger partial charge on any atom is 0.332 e. The van der Waals surface area contributed by atoms with Crippen molar-refractivity contribution in [1.29, 1.82) is 0 Å². The van der Waals surface area contributed by atoms with Gasteiger partial charge in [0.05, 0.1) is 23.6 Å². The molecule has 4 aromatic rings. The average molecular weight is 555 g/mol. The summed E-state index contributed by atoms with van der Waals surface area (Å²) in [5.41, 5.74) is 3.02. The van der Waals surface area contributed by atoms with Crippen molar-refractivity contribution < 1.29 is 14.3 Å². The van der Waals surface area contributed by atoms with E-state index in [0.29, 0.717) is 30.8 Å². The zero-order chi connectivity index (χ0) is 28.9. The van der Waals surface area contributed by atoms with Gasteiger partial charge >= 0.3 is 5.69 Å². The summed E-state index contributed by atoms with van der Waals surface area (Å²) in [7, 11) is 0. The molecule has 2 N–H and O–H groups in total. The molecule has 0 aliphatic carbocycles. The number of carbonyl (C=O) groups is 2. The number of aromatic nitrogens is 2. The highest BCUT2D eigenvalue weighted by Gasteiger charge is 2.22. The van der Waals surface area contributed by atoms with E-state index in [0.717, 1.165) is 34.1 Å². The smallest absolute Gasteiger partial charge is 0.332 e. The first-order valence-electron chi connectivity index (χ1n) is 13.9. The van der Waals surface area contributed by atoms with E-state index in [1.165, 1.54) is 10.6 Å². The number of para-hydroxylation sites is 1. The molecular formula is C32H34N4O5. The molecule has 2 heterocycles. The predicted octanol–water partition coefficient (Wildman–Crippen LogP) is 3.57. The molecule has 1 saturated heterocycles. The number of aryl methyl sites for hydroxylation is 2. The standard InChI is InChI=1S/C32H34N4O5/c1-21-8-6-9-22(2)29(21)34-28(37)20-35-27-18-24(30(38)33-16-15-23-10-4-3-5-11-23)13-14-26(27)31(39)36(32(35)40)19-25-12-7-17-41-25/h3-6,8-11,13-14,18,25H,7,12,15-17,19-20H2,1-2H3,(H,33,38)(H,34,37). The second-order valence-corrected chi connectivity index (χ2v) is 10.5. The van der Waals surface area contributed by atoms with Gasteiger partial charge in [0.25, 0.3) is 11.5 Å². The van der Waals surface area contributed by atoms with Gasteiger partial charge in [-0.1, -0.05) is 48.5 Å². The number of carbonyl (C=O) groups excluding carboxylic acids is 2. The molecule has 1 aliphatic rings. The van der Waals surface area contributed by atoms with E-state index in [1.54, 1.807) is 12.1 Å². The third-order valence-electron chi connectivity index (χ3n) is 7.49. The lowest BCUT2D eigenvalue weighted by Crippen LogP contribution is -2.44. The fourth-order valence-corrected chi connectivity index (χ4v) is 5.27. The Morgan fingerprint density at radius 1 is 0.951 bits per heavy atom. The van der Waals surface area contributed by atoms with E-state index in [4.69, 9.17) is 4.74 Å². The largest absolute Gasteiger partial charge is 0.376 e. The molecule has 212 valence electrons. The molecular weight excluding hydrogens is 520 g/mol. The van der Waals surface area contributed by atoms with Crippen molar-refractivity contribution in [3.05, 3.63) is 110 Å². The third-order valence-corrected chi connectivity index (χ3v) is 7.49. The predicted molar refractivity (Wildman–Crippen MR) is 158 cm³/mol. The third kappa shape index (κ3) is 6.30. The first-order chi connectivity index (χ1) is 19.8. The van der Waals surface area contributed by atoms with Crippen LogP contribution in [-0.2, 0) is 29.0 Å². The maximum absolute atomic E-state index is 13.7. The molecule has 41 heavy (non-hydrogen) atoms. The minimum atomic E-state index is -0.615. The number of rotatable bonds is 9.